The van der Waals surface area contributed by atoms with Crippen LogP contribution in [0, 0.1) is 11.8 Å². The molecule has 3 fully saturated rings. The van der Waals surface area contributed by atoms with Crippen LogP contribution in [0.3, 0.4) is 0 Å². The van der Waals surface area contributed by atoms with Crippen LogP contribution in [-0.4, -0.2) is 51.0 Å². The van der Waals surface area contributed by atoms with Gasteiger partial charge < -0.3 is 10.1 Å². The van der Waals surface area contributed by atoms with E-state index in [1.165, 1.54) is 35.3 Å². The number of carbonyl (C=O) groups is 1. The van der Waals surface area contributed by atoms with Gasteiger partial charge in [-0.2, -0.15) is 4.31 Å². The van der Waals surface area contributed by atoms with Crippen LogP contribution in [0.15, 0.2) is 23.1 Å². The van der Waals surface area contributed by atoms with Gasteiger partial charge in [0.1, 0.15) is 0 Å². The first-order valence-corrected chi connectivity index (χ1v) is 11.0. The third-order valence-corrected chi connectivity index (χ3v) is 8.07. The largest absolute Gasteiger partial charge is 0.379 e. The zero-order valence-electron chi connectivity index (χ0n) is 14.5. The van der Waals surface area contributed by atoms with Crippen LogP contribution in [0.25, 0.3) is 0 Å². The molecular weight excluding hydrogens is 376 g/mol. The maximum atomic E-state index is 12.8. The number of rotatable bonds is 4. The average Bonchev–Trinajstić information content (AvgIpc) is 3.25. The zero-order valence-corrected chi connectivity index (χ0v) is 16.1. The minimum atomic E-state index is -3.66. The van der Waals surface area contributed by atoms with E-state index in [9.17, 15) is 13.2 Å². The van der Waals surface area contributed by atoms with E-state index >= 15 is 0 Å². The molecule has 1 heterocycles. The molecule has 3 aliphatic rings. The summed E-state index contributed by atoms with van der Waals surface area (Å²) >= 11 is 6.20. The molecular formula is C18H23ClN2O4S. The van der Waals surface area contributed by atoms with Crippen molar-refractivity contribution in [2.45, 2.75) is 36.6 Å². The highest BCUT2D eigenvalue weighted by Crippen LogP contribution is 2.44. The average molecular weight is 399 g/mol. The first-order chi connectivity index (χ1) is 12.4. The lowest BCUT2D eigenvalue weighted by molar-refractivity contribution is 0.0730. The van der Waals surface area contributed by atoms with Crippen molar-refractivity contribution in [2.75, 3.05) is 26.3 Å². The highest BCUT2D eigenvalue weighted by Gasteiger charge is 2.40. The summed E-state index contributed by atoms with van der Waals surface area (Å²) in [7, 11) is -3.66. The fraction of sp³-hybridized carbons (Fsp3) is 0.611. The van der Waals surface area contributed by atoms with E-state index in [1.54, 1.807) is 0 Å². The van der Waals surface area contributed by atoms with E-state index in [-0.39, 0.29) is 27.4 Å². The molecule has 142 valence electrons. The van der Waals surface area contributed by atoms with Gasteiger partial charge in [-0.05, 0) is 49.3 Å². The lowest BCUT2D eigenvalue weighted by Crippen LogP contribution is -2.41. The van der Waals surface area contributed by atoms with E-state index in [1.807, 2.05) is 0 Å². The summed E-state index contributed by atoms with van der Waals surface area (Å²) < 4.78 is 32.2. The number of halogens is 1. The van der Waals surface area contributed by atoms with E-state index in [0.29, 0.717) is 38.1 Å². The molecule has 2 bridgehead atoms. The minimum Gasteiger partial charge on any atom is -0.379 e. The topological polar surface area (TPSA) is 75.7 Å². The Morgan fingerprint density at radius 1 is 1.19 bits per heavy atom. The number of benzene rings is 1. The van der Waals surface area contributed by atoms with Crippen molar-refractivity contribution in [3.05, 3.63) is 28.8 Å². The van der Waals surface area contributed by atoms with Gasteiger partial charge in [-0.15, -0.1) is 0 Å². The smallest absolute Gasteiger partial charge is 0.253 e. The van der Waals surface area contributed by atoms with E-state index in [0.717, 1.165) is 12.8 Å². The summed E-state index contributed by atoms with van der Waals surface area (Å²) in [5, 5.41) is 3.34. The van der Waals surface area contributed by atoms with E-state index in [4.69, 9.17) is 16.3 Å². The third kappa shape index (κ3) is 3.38. The van der Waals surface area contributed by atoms with Gasteiger partial charge in [0.05, 0.1) is 28.7 Å². The lowest BCUT2D eigenvalue weighted by atomic mass is 9.95. The molecule has 8 heteroatoms. The highest BCUT2D eigenvalue weighted by atomic mass is 35.5. The minimum absolute atomic E-state index is 0.0990. The molecule has 26 heavy (non-hydrogen) atoms. The molecule has 1 amide bonds. The molecule has 1 saturated heterocycles. The summed E-state index contributed by atoms with van der Waals surface area (Å²) in [6, 6.07) is 4.53. The normalized spacial score (nSPS) is 29.0. The Labute approximate surface area is 158 Å². The Morgan fingerprint density at radius 3 is 2.62 bits per heavy atom. The molecule has 3 unspecified atom stereocenters. The Hall–Kier alpha value is -1.15. The van der Waals surface area contributed by atoms with Gasteiger partial charge in [0.25, 0.3) is 5.91 Å². The molecule has 6 nitrogen and oxygen atoms in total. The van der Waals surface area contributed by atoms with Gasteiger partial charge >= 0.3 is 0 Å². The van der Waals surface area contributed by atoms with Gasteiger partial charge in [0.2, 0.25) is 10.0 Å². The molecule has 3 atom stereocenters. The molecule has 4 rings (SSSR count). The number of morpholine rings is 1. The number of sulfonamides is 1. The predicted molar refractivity (Wildman–Crippen MR) is 97.7 cm³/mol. The number of amides is 1. The number of hydrogen-bond acceptors (Lipinski definition) is 4. The second kappa shape index (κ2) is 7.11. The SMILES string of the molecule is O=C(NC1CC2CCC1C2)c1cc(S(=O)(=O)N2CCOCC2)ccc1Cl. The van der Waals surface area contributed by atoms with E-state index in [2.05, 4.69) is 5.32 Å². The monoisotopic (exact) mass is 398 g/mol. The standard InChI is InChI=1S/C18H23ClN2O4S/c19-16-4-3-14(26(23,24)21-5-7-25-8-6-21)11-15(16)18(22)20-17-10-12-1-2-13(17)9-12/h3-4,11-13,17H,1-2,5-10H2,(H,20,22). The van der Waals surface area contributed by atoms with Crippen molar-refractivity contribution < 1.29 is 17.9 Å². The second-order valence-electron chi connectivity index (χ2n) is 7.41. The first kappa shape index (κ1) is 18.2. The van der Waals surface area contributed by atoms with Gasteiger partial charge in [-0.1, -0.05) is 18.0 Å². The van der Waals surface area contributed by atoms with Crippen LogP contribution in [0.2, 0.25) is 5.02 Å². The molecule has 1 aromatic carbocycles. The lowest BCUT2D eigenvalue weighted by Gasteiger charge is -2.26. The zero-order chi connectivity index (χ0) is 18.3. The fourth-order valence-corrected chi connectivity index (χ4v) is 6.08. The van der Waals surface area contributed by atoms with Crippen LogP contribution in [0.5, 0.6) is 0 Å². The van der Waals surface area contributed by atoms with E-state index < -0.39 is 10.0 Å². The summed E-state index contributed by atoms with van der Waals surface area (Å²) in [5.41, 5.74) is 0.226. The number of carbonyl (C=O) groups excluding carboxylic acids is 1. The highest BCUT2D eigenvalue weighted by molar-refractivity contribution is 7.89. The summed E-state index contributed by atoms with van der Waals surface area (Å²) in [6.07, 6.45) is 4.61. The molecule has 1 N–H and O–H groups in total. The Morgan fingerprint density at radius 2 is 1.96 bits per heavy atom. The van der Waals surface area contributed by atoms with Gasteiger partial charge in [0.15, 0.2) is 0 Å². The number of fused-ring (bicyclic) bond motifs is 2. The second-order valence-corrected chi connectivity index (χ2v) is 9.76. The van der Waals surface area contributed by atoms with Crippen molar-refractivity contribution in [3.8, 4) is 0 Å². The summed E-state index contributed by atoms with van der Waals surface area (Å²) in [6.45, 7) is 1.39. The molecule has 1 aromatic rings. The molecule has 2 saturated carbocycles. The van der Waals surface area contributed by atoms with Crippen LogP contribution in [0.1, 0.15) is 36.0 Å². The molecule has 2 aliphatic carbocycles. The van der Waals surface area contributed by atoms with Crippen LogP contribution >= 0.6 is 11.6 Å². The Balaban J connectivity index is 1.55. The molecule has 0 radical (unpaired) electrons. The van der Waals surface area contributed by atoms with Crippen LogP contribution in [-0.2, 0) is 14.8 Å². The van der Waals surface area contributed by atoms with Crippen molar-refractivity contribution in [1.29, 1.82) is 0 Å². The van der Waals surface area contributed by atoms with Crippen LogP contribution in [0.4, 0.5) is 0 Å². The number of hydrogen-bond donors (Lipinski definition) is 1. The van der Waals surface area contributed by atoms with Gasteiger partial charge in [0, 0.05) is 19.1 Å². The molecule has 0 spiro atoms. The first-order valence-electron chi connectivity index (χ1n) is 9.13. The number of nitrogens with zero attached hydrogens (tertiary/aromatic N) is 1. The van der Waals surface area contributed by atoms with Crippen molar-refractivity contribution in [3.63, 3.8) is 0 Å². The fourth-order valence-electron chi connectivity index (χ4n) is 4.44. The third-order valence-electron chi connectivity index (χ3n) is 5.84. The van der Waals surface area contributed by atoms with Crippen molar-refractivity contribution in [2.24, 2.45) is 11.8 Å². The Kier molecular flexibility index (Phi) is 4.98. The number of nitrogens with one attached hydrogen (secondary N) is 1. The maximum absolute atomic E-state index is 12.8. The van der Waals surface area contributed by atoms with Gasteiger partial charge in [-0.25, -0.2) is 8.42 Å². The quantitative estimate of drug-likeness (QED) is 0.844. The molecule has 0 aromatic heterocycles. The van der Waals surface area contributed by atoms with Gasteiger partial charge in [-0.3, -0.25) is 4.79 Å². The van der Waals surface area contributed by atoms with Crippen molar-refractivity contribution in [1.82, 2.24) is 9.62 Å². The van der Waals surface area contributed by atoms with Crippen LogP contribution < -0.4 is 5.32 Å². The maximum Gasteiger partial charge on any atom is 0.253 e. The molecule has 1 aliphatic heterocycles. The summed E-state index contributed by atoms with van der Waals surface area (Å²) in [4.78, 5) is 12.8. The summed E-state index contributed by atoms with van der Waals surface area (Å²) in [5.74, 6) is 0.975. The number of ether oxygens (including phenoxy) is 1. The Bertz CT molecular complexity index is 807. The van der Waals surface area contributed by atoms with Crippen molar-refractivity contribution >= 4 is 27.5 Å². The predicted octanol–water partition coefficient (Wildman–Crippen LogP) is 2.28.